The van der Waals surface area contributed by atoms with Gasteiger partial charge in [-0.25, -0.2) is 0 Å². The van der Waals surface area contributed by atoms with E-state index < -0.39 is 0 Å². The molecule has 2 atom stereocenters. The van der Waals surface area contributed by atoms with Gasteiger partial charge in [0.1, 0.15) is 0 Å². The molecule has 1 N–H and O–H groups in total. The fraction of sp³-hybridized carbons (Fsp3) is 0.929. The van der Waals surface area contributed by atoms with Crippen molar-refractivity contribution in [3.8, 4) is 0 Å². The van der Waals surface area contributed by atoms with Crippen LogP contribution in [0.5, 0.6) is 0 Å². The molecule has 2 aliphatic carbocycles. The highest BCUT2D eigenvalue weighted by Crippen LogP contribution is 2.54. The van der Waals surface area contributed by atoms with Crippen LogP contribution in [0, 0.1) is 23.2 Å². The van der Waals surface area contributed by atoms with Gasteiger partial charge in [0.05, 0.1) is 0 Å². The maximum absolute atomic E-state index is 12.0. The zero-order valence-electron chi connectivity index (χ0n) is 11.6. The molecule has 2 rings (SSSR count). The smallest absolute Gasteiger partial charge is 0.223 e. The third-order valence-electron chi connectivity index (χ3n) is 4.10. The first-order valence-electron chi connectivity index (χ1n) is 6.80. The number of hydrogen-bond acceptors (Lipinski definition) is 2. The van der Waals surface area contributed by atoms with E-state index in [9.17, 15) is 4.79 Å². The molecule has 2 aliphatic rings. The summed E-state index contributed by atoms with van der Waals surface area (Å²) in [5.74, 6) is 2.39. The van der Waals surface area contributed by atoms with Crippen LogP contribution in [0.4, 0.5) is 0 Å². The molecule has 0 aromatic rings. The minimum absolute atomic E-state index is 0.153. The van der Waals surface area contributed by atoms with Gasteiger partial charge in [-0.1, -0.05) is 13.8 Å². The molecule has 0 aromatic carbocycles. The van der Waals surface area contributed by atoms with Crippen LogP contribution in [0.25, 0.3) is 0 Å². The summed E-state index contributed by atoms with van der Waals surface area (Å²) in [6.07, 6.45) is 3.67. The molecule has 1 amide bonds. The molecule has 3 heteroatoms. The Balaban J connectivity index is 1.71. The lowest BCUT2D eigenvalue weighted by atomic mass is 9.92. The lowest BCUT2D eigenvalue weighted by molar-refractivity contribution is -0.125. The Morgan fingerprint density at radius 1 is 1.24 bits per heavy atom. The Bertz CT molecular complexity index is 289. The van der Waals surface area contributed by atoms with Gasteiger partial charge < -0.3 is 10.2 Å². The number of hydrogen-bond donors (Lipinski definition) is 1. The zero-order valence-corrected chi connectivity index (χ0v) is 11.6. The van der Waals surface area contributed by atoms with Crippen molar-refractivity contribution < 1.29 is 4.79 Å². The SMILES string of the molecule is CN(C)CC(C)(C)CNC(=O)C1CC2CC2C1. The van der Waals surface area contributed by atoms with Crippen molar-refractivity contribution in [2.45, 2.75) is 33.1 Å². The number of rotatable bonds is 5. The van der Waals surface area contributed by atoms with Gasteiger partial charge in [-0.05, 0) is 50.6 Å². The topological polar surface area (TPSA) is 32.3 Å². The average Bonchev–Trinajstić information content (AvgIpc) is 2.80. The van der Waals surface area contributed by atoms with Crippen LogP contribution in [0.2, 0.25) is 0 Å². The molecule has 0 bridgehead atoms. The van der Waals surface area contributed by atoms with E-state index in [0.717, 1.165) is 37.8 Å². The molecule has 0 aromatic heterocycles. The Labute approximate surface area is 105 Å². The number of fused-ring (bicyclic) bond motifs is 1. The molecule has 3 nitrogen and oxygen atoms in total. The fourth-order valence-corrected chi connectivity index (χ4v) is 3.31. The Morgan fingerprint density at radius 3 is 2.35 bits per heavy atom. The Kier molecular flexibility index (Phi) is 3.48. The molecular weight excluding hydrogens is 212 g/mol. The van der Waals surface area contributed by atoms with E-state index in [4.69, 9.17) is 0 Å². The predicted octanol–water partition coefficient (Wildman–Crippen LogP) is 1.74. The Morgan fingerprint density at radius 2 is 1.82 bits per heavy atom. The molecule has 0 aliphatic heterocycles. The largest absolute Gasteiger partial charge is 0.355 e. The summed E-state index contributed by atoms with van der Waals surface area (Å²) in [4.78, 5) is 14.2. The normalized spacial score (nSPS) is 31.5. The number of amides is 1. The van der Waals surface area contributed by atoms with Crippen molar-refractivity contribution in [3.63, 3.8) is 0 Å². The van der Waals surface area contributed by atoms with Crippen LogP contribution in [0.1, 0.15) is 33.1 Å². The average molecular weight is 238 g/mol. The summed E-state index contributed by atoms with van der Waals surface area (Å²) in [6, 6.07) is 0. The molecule has 0 heterocycles. The maximum atomic E-state index is 12.0. The van der Waals surface area contributed by atoms with E-state index in [1.807, 2.05) is 0 Å². The molecule has 98 valence electrons. The summed E-state index contributed by atoms with van der Waals surface area (Å²) in [7, 11) is 4.15. The summed E-state index contributed by atoms with van der Waals surface area (Å²) in [5, 5.41) is 3.15. The van der Waals surface area contributed by atoms with Gasteiger partial charge in [-0.3, -0.25) is 4.79 Å². The third-order valence-corrected chi connectivity index (χ3v) is 4.10. The van der Waals surface area contributed by atoms with Crippen molar-refractivity contribution in [1.82, 2.24) is 10.2 Å². The van der Waals surface area contributed by atoms with E-state index in [-0.39, 0.29) is 5.41 Å². The second-order valence-electron chi connectivity index (χ2n) is 7.04. The van der Waals surface area contributed by atoms with Gasteiger partial charge in [0, 0.05) is 19.0 Å². The highest BCUT2D eigenvalue weighted by molar-refractivity contribution is 5.79. The molecule has 0 saturated heterocycles. The van der Waals surface area contributed by atoms with Crippen LogP contribution >= 0.6 is 0 Å². The fourth-order valence-electron chi connectivity index (χ4n) is 3.31. The lowest BCUT2D eigenvalue weighted by Crippen LogP contribution is -2.41. The van der Waals surface area contributed by atoms with Crippen molar-refractivity contribution in [3.05, 3.63) is 0 Å². The number of nitrogens with zero attached hydrogens (tertiary/aromatic N) is 1. The first-order chi connectivity index (χ1) is 7.87. The van der Waals surface area contributed by atoms with Gasteiger partial charge in [0.25, 0.3) is 0 Å². The van der Waals surface area contributed by atoms with Crippen LogP contribution in [0.15, 0.2) is 0 Å². The minimum Gasteiger partial charge on any atom is -0.355 e. The summed E-state index contributed by atoms with van der Waals surface area (Å²) >= 11 is 0. The van der Waals surface area contributed by atoms with E-state index in [1.165, 1.54) is 6.42 Å². The number of carbonyl (C=O) groups is 1. The van der Waals surface area contributed by atoms with Crippen LogP contribution < -0.4 is 5.32 Å². The standard InChI is InChI=1S/C14H26N2O/c1-14(2,9-16(3)4)8-15-13(17)12-6-10-5-11(10)7-12/h10-12H,5-9H2,1-4H3,(H,15,17). The molecule has 0 spiro atoms. The zero-order chi connectivity index (χ0) is 12.6. The van der Waals surface area contributed by atoms with Crippen molar-refractivity contribution in [2.24, 2.45) is 23.2 Å². The Hall–Kier alpha value is -0.570. The monoisotopic (exact) mass is 238 g/mol. The highest BCUT2D eigenvalue weighted by Gasteiger charge is 2.48. The first kappa shape index (κ1) is 12.9. The lowest BCUT2D eigenvalue weighted by Gasteiger charge is -2.29. The van der Waals surface area contributed by atoms with Crippen molar-refractivity contribution in [1.29, 1.82) is 0 Å². The van der Waals surface area contributed by atoms with Crippen molar-refractivity contribution >= 4 is 5.91 Å². The molecule has 2 fully saturated rings. The quantitative estimate of drug-likeness (QED) is 0.791. The number of carbonyl (C=O) groups excluding carboxylic acids is 1. The predicted molar refractivity (Wildman–Crippen MR) is 69.7 cm³/mol. The number of nitrogens with one attached hydrogen (secondary N) is 1. The van der Waals surface area contributed by atoms with Crippen LogP contribution in [0.3, 0.4) is 0 Å². The van der Waals surface area contributed by atoms with Crippen LogP contribution in [-0.4, -0.2) is 38.0 Å². The molecule has 17 heavy (non-hydrogen) atoms. The third kappa shape index (κ3) is 3.44. The van der Waals surface area contributed by atoms with Gasteiger partial charge in [0.2, 0.25) is 5.91 Å². The van der Waals surface area contributed by atoms with E-state index >= 15 is 0 Å². The molecule has 2 unspecified atom stereocenters. The van der Waals surface area contributed by atoms with Gasteiger partial charge >= 0.3 is 0 Å². The van der Waals surface area contributed by atoms with Gasteiger partial charge in [0.15, 0.2) is 0 Å². The van der Waals surface area contributed by atoms with E-state index in [0.29, 0.717) is 11.8 Å². The molecule has 0 radical (unpaired) electrons. The van der Waals surface area contributed by atoms with Crippen molar-refractivity contribution in [2.75, 3.05) is 27.2 Å². The second-order valence-corrected chi connectivity index (χ2v) is 7.04. The van der Waals surface area contributed by atoms with Gasteiger partial charge in [-0.15, -0.1) is 0 Å². The molecule has 2 saturated carbocycles. The maximum Gasteiger partial charge on any atom is 0.223 e. The second kappa shape index (κ2) is 4.60. The summed E-state index contributed by atoms with van der Waals surface area (Å²) in [5.41, 5.74) is 0.153. The van der Waals surface area contributed by atoms with E-state index in [1.54, 1.807) is 0 Å². The highest BCUT2D eigenvalue weighted by atomic mass is 16.1. The molecular formula is C14H26N2O. The van der Waals surface area contributed by atoms with Crippen LogP contribution in [-0.2, 0) is 4.79 Å². The van der Waals surface area contributed by atoms with E-state index in [2.05, 4.69) is 38.2 Å². The van der Waals surface area contributed by atoms with Gasteiger partial charge in [-0.2, -0.15) is 0 Å². The first-order valence-corrected chi connectivity index (χ1v) is 6.80. The summed E-state index contributed by atoms with van der Waals surface area (Å²) in [6.45, 7) is 6.21. The minimum atomic E-state index is 0.153. The summed E-state index contributed by atoms with van der Waals surface area (Å²) < 4.78 is 0.